The summed E-state index contributed by atoms with van der Waals surface area (Å²) in [6.45, 7) is 4.06. The van der Waals surface area contributed by atoms with Gasteiger partial charge in [0.2, 0.25) is 0 Å². The first-order valence-electron chi connectivity index (χ1n) is 6.81. The Morgan fingerprint density at radius 1 is 1.53 bits per heavy atom. The molecule has 1 unspecified atom stereocenters. The number of nitrogens with zero attached hydrogens (tertiary/aromatic N) is 3. The van der Waals surface area contributed by atoms with Gasteiger partial charge in [0.1, 0.15) is 0 Å². The van der Waals surface area contributed by atoms with E-state index >= 15 is 0 Å². The standard InChI is InChI=1S/C14H20N4S/c1-10-13-5-12(8-16-14(13)18(2)17-10)7-15-6-11-3-4-19-9-11/h5,8,11,15H,3-4,6-7,9H2,1-2H3. The SMILES string of the molecule is Cc1nn(C)c2ncc(CNCC3CCSC3)cc12. The minimum Gasteiger partial charge on any atom is -0.312 e. The van der Waals surface area contributed by atoms with Crippen LogP contribution in [0.15, 0.2) is 12.3 Å². The van der Waals surface area contributed by atoms with Crippen LogP contribution >= 0.6 is 11.8 Å². The maximum Gasteiger partial charge on any atom is 0.157 e. The minimum atomic E-state index is 0.849. The topological polar surface area (TPSA) is 42.7 Å². The van der Waals surface area contributed by atoms with Crippen LogP contribution in [0.2, 0.25) is 0 Å². The molecular formula is C14H20N4S. The number of pyridine rings is 1. The van der Waals surface area contributed by atoms with E-state index in [4.69, 9.17) is 0 Å². The van der Waals surface area contributed by atoms with Crippen LogP contribution in [0, 0.1) is 12.8 Å². The van der Waals surface area contributed by atoms with Crippen LogP contribution in [0.5, 0.6) is 0 Å². The highest BCUT2D eigenvalue weighted by atomic mass is 32.2. The van der Waals surface area contributed by atoms with Crippen LogP contribution < -0.4 is 5.32 Å². The molecule has 2 aromatic rings. The first-order chi connectivity index (χ1) is 9.24. The molecule has 1 atom stereocenters. The van der Waals surface area contributed by atoms with Gasteiger partial charge in [0, 0.05) is 25.2 Å². The smallest absolute Gasteiger partial charge is 0.157 e. The number of nitrogens with one attached hydrogen (secondary N) is 1. The second kappa shape index (κ2) is 5.51. The number of hydrogen-bond acceptors (Lipinski definition) is 4. The summed E-state index contributed by atoms with van der Waals surface area (Å²) in [5.41, 5.74) is 3.27. The Balaban J connectivity index is 1.65. The lowest BCUT2D eigenvalue weighted by molar-refractivity contribution is 0.523. The van der Waals surface area contributed by atoms with E-state index < -0.39 is 0 Å². The van der Waals surface area contributed by atoms with Gasteiger partial charge in [-0.2, -0.15) is 16.9 Å². The summed E-state index contributed by atoms with van der Waals surface area (Å²) >= 11 is 2.07. The van der Waals surface area contributed by atoms with Gasteiger partial charge in [-0.05, 0) is 48.9 Å². The molecule has 1 aliphatic heterocycles. The van der Waals surface area contributed by atoms with E-state index in [0.29, 0.717) is 0 Å². The highest BCUT2D eigenvalue weighted by Gasteiger charge is 2.14. The van der Waals surface area contributed by atoms with Gasteiger partial charge in [-0.1, -0.05) is 0 Å². The number of fused-ring (bicyclic) bond motifs is 1. The highest BCUT2D eigenvalue weighted by molar-refractivity contribution is 7.99. The van der Waals surface area contributed by atoms with Crippen LogP contribution in [-0.4, -0.2) is 32.8 Å². The summed E-state index contributed by atoms with van der Waals surface area (Å²) in [4.78, 5) is 4.51. The van der Waals surface area contributed by atoms with Gasteiger partial charge in [0.05, 0.1) is 5.69 Å². The Bertz CT molecular complexity index is 572. The molecule has 0 amide bonds. The predicted octanol–water partition coefficient (Wildman–Crippen LogP) is 2.12. The normalized spacial score (nSPS) is 19.4. The fourth-order valence-electron chi connectivity index (χ4n) is 2.61. The van der Waals surface area contributed by atoms with Gasteiger partial charge in [-0.3, -0.25) is 4.68 Å². The number of aromatic nitrogens is 3. The first kappa shape index (κ1) is 12.9. The molecule has 1 aliphatic rings. The van der Waals surface area contributed by atoms with Gasteiger partial charge < -0.3 is 5.32 Å². The molecule has 3 rings (SSSR count). The fourth-order valence-corrected chi connectivity index (χ4v) is 3.90. The summed E-state index contributed by atoms with van der Waals surface area (Å²) in [5, 5.41) is 9.12. The highest BCUT2D eigenvalue weighted by Crippen LogP contribution is 2.22. The molecule has 1 saturated heterocycles. The van der Waals surface area contributed by atoms with E-state index in [2.05, 4.69) is 33.2 Å². The molecule has 102 valence electrons. The second-order valence-electron chi connectivity index (χ2n) is 5.28. The Hall–Kier alpha value is -1.07. The summed E-state index contributed by atoms with van der Waals surface area (Å²) in [6, 6.07) is 2.21. The zero-order valence-electron chi connectivity index (χ0n) is 11.5. The summed E-state index contributed by atoms with van der Waals surface area (Å²) in [6.07, 6.45) is 3.32. The van der Waals surface area contributed by atoms with Crippen molar-refractivity contribution in [1.29, 1.82) is 0 Å². The zero-order valence-corrected chi connectivity index (χ0v) is 12.3. The molecule has 19 heavy (non-hydrogen) atoms. The molecule has 0 radical (unpaired) electrons. The largest absolute Gasteiger partial charge is 0.312 e. The molecule has 1 N–H and O–H groups in total. The van der Waals surface area contributed by atoms with Crippen molar-refractivity contribution in [3.8, 4) is 0 Å². The summed E-state index contributed by atoms with van der Waals surface area (Å²) in [5.74, 6) is 3.49. The average molecular weight is 276 g/mol. The van der Waals surface area contributed by atoms with Crippen LogP contribution in [0.25, 0.3) is 11.0 Å². The van der Waals surface area contributed by atoms with Crippen LogP contribution in [0.4, 0.5) is 0 Å². The van der Waals surface area contributed by atoms with E-state index in [1.807, 2.05) is 24.9 Å². The number of hydrogen-bond donors (Lipinski definition) is 1. The maximum absolute atomic E-state index is 4.51. The predicted molar refractivity (Wildman–Crippen MR) is 80.4 cm³/mol. The first-order valence-corrected chi connectivity index (χ1v) is 7.96. The minimum absolute atomic E-state index is 0.849. The monoisotopic (exact) mass is 276 g/mol. The Kier molecular flexibility index (Phi) is 3.75. The molecule has 0 spiro atoms. The van der Waals surface area contributed by atoms with Gasteiger partial charge >= 0.3 is 0 Å². The maximum atomic E-state index is 4.51. The van der Waals surface area contributed by atoms with E-state index in [0.717, 1.165) is 30.3 Å². The Morgan fingerprint density at radius 3 is 3.21 bits per heavy atom. The third-order valence-corrected chi connectivity index (χ3v) is 4.94. The van der Waals surface area contributed by atoms with E-state index in [1.165, 1.54) is 28.9 Å². The average Bonchev–Trinajstić information content (AvgIpc) is 3.00. The lowest BCUT2D eigenvalue weighted by atomic mass is 10.1. The van der Waals surface area contributed by atoms with Crippen molar-refractivity contribution < 1.29 is 0 Å². The van der Waals surface area contributed by atoms with Crippen LogP contribution in [-0.2, 0) is 13.6 Å². The van der Waals surface area contributed by atoms with E-state index in [1.54, 1.807) is 0 Å². The van der Waals surface area contributed by atoms with Crippen molar-refractivity contribution in [3.63, 3.8) is 0 Å². The zero-order chi connectivity index (χ0) is 13.2. The molecule has 3 heterocycles. The van der Waals surface area contributed by atoms with Gasteiger partial charge in [0.15, 0.2) is 5.65 Å². The molecule has 4 nitrogen and oxygen atoms in total. The molecule has 2 aromatic heterocycles. The summed E-state index contributed by atoms with van der Waals surface area (Å²) < 4.78 is 1.84. The van der Waals surface area contributed by atoms with Crippen LogP contribution in [0.3, 0.4) is 0 Å². The molecule has 0 bridgehead atoms. The quantitative estimate of drug-likeness (QED) is 0.929. The summed E-state index contributed by atoms with van der Waals surface area (Å²) in [7, 11) is 1.94. The van der Waals surface area contributed by atoms with Crippen molar-refractivity contribution in [2.75, 3.05) is 18.1 Å². The third kappa shape index (κ3) is 2.77. The lowest BCUT2D eigenvalue weighted by Crippen LogP contribution is -2.22. The lowest BCUT2D eigenvalue weighted by Gasteiger charge is -2.09. The Morgan fingerprint density at radius 2 is 2.42 bits per heavy atom. The molecule has 0 aliphatic carbocycles. The van der Waals surface area contributed by atoms with Crippen molar-refractivity contribution in [3.05, 3.63) is 23.5 Å². The number of aryl methyl sites for hydroxylation is 2. The number of rotatable bonds is 4. The molecule has 0 aromatic carbocycles. The molecule has 0 saturated carbocycles. The van der Waals surface area contributed by atoms with Crippen LogP contribution in [0.1, 0.15) is 17.7 Å². The van der Waals surface area contributed by atoms with Crippen molar-refractivity contribution >= 4 is 22.8 Å². The van der Waals surface area contributed by atoms with E-state index in [-0.39, 0.29) is 0 Å². The number of thioether (sulfide) groups is 1. The van der Waals surface area contributed by atoms with E-state index in [9.17, 15) is 0 Å². The van der Waals surface area contributed by atoms with Gasteiger partial charge in [-0.25, -0.2) is 4.98 Å². The molecule has 1 fully saturated rings. The third-order valence-electron chi connectivity index (χ3n) is 3.71. The van der Waals surface area contributed by atoms with Gasteiger partial charge in [0.25, 0.3) is 0 Å². The second-order valence-corrected chi connectivity index (χ2v) is 6.43. The van der Waals surface area contributed by atoms with Gasteiger partial charge in [-0.15, -0.1) is 0 Å². The Labute approximate surface area is 118 Å². The van der Waals surface area contributed by atoms with Crippen molar-refractivity contribution in [2.45, 2.75) is 19.9 Å². The van der Waals surface area contributed by atoms with Crippen molar-refractivity contribution in [1.82, 2.24) is 20.1 Å². The fraction of sp³-hybridized carbons (Fsp3) is 0.571. The van der Waals surface area contributed by atoms with Crippen molar-refractivity contribution in [2.24, 2.45) is 13.0 Å². The molecule has 5 heteroatoms. The molecular weight excluding hydrogens is 256 g/mol.